The molecule has 0 bridgehead atoms. The summed E-state index contributed by atoms with van der Waals surface area (Å²) in [5.74, 6) is -0.201. The predicted molar refractivity (Wildman–Crippen MR) is 61.2 cm³/mol. The summed E-state index contributed by atoms with van der Waals surface area (Å²) in [6.07, 6.45) is 2.21. The highest BCUT2D eigenvalue weighted by atomic mass is 16.7. The first-order chi connectivity index (χ1) is 8.19. The molecular formula is C12H20O5. The zero-order valence-electron chi connectivity index (χ0n) is 10.6. The zero-order valence-corrected chi connectivity index (χ0v) is 10.6. The second-order valence-electron chi connectivity index (χ2n) is 3.97. The molecular weight excluding hydrogens is 224 g/mol. The average Bonchev–Trinajstić information content (AvgIpc) is 2.62. The number of ether oxygens (including phenoxy) is 4. The number of carbonyl (C=O) groups excluding carboxylic acids is 1. The molecule has 0 radical (unpaired) electrons. The van der Waals surface area contributed by atoms with Gasteiger partial charge in [0, 0.05) is 19.1 Å². The molecule has 5 nitrogen and oxygen atoms in total. The lowest BCUT2D eigenvalue weighted by Crippen LogP contribution is -2.33. The molecule has 0 saturated heterocycles. The van der Waals surface area contributed by atoms with Gasteiger partial charge in [0.05, 0.1) is 12.9 Å². The first kappa shape index (κ1) is 14.0. The van der Waals surface area contributed by atoms with E-state index in [2.05, 4.69) is 0 Å². The third kappa shape index (κ3) is 4.36. The number of hydrogen-bond acceptors (Lipinski definition) is 5. The summed E-state index contributed by atoms with van der Waals surface area (Å²) >= 11 is 0. The minimum Gasteiger partial charge on any atom is -0.491 e. The van der Waals surface area contributed by atoms with Crippen LogP contribution in [0.25, 0.3) is 0 Å². The molecule has 0 aromatic carbocycles. The average molecular weight is 244 g/mol. The van der Waals surface area contributed by atoms with Crippen molar-refractivity contribution in [2.45, 2.75) is 38.9 Å². The van der Waals surface area contributed by atoms with E-state index in [0.717, 1.165) is 12.0 Å². The van der Waals surface area contributed by atoms with Gasteiger partial charge in [-0.3, -0.25) is 4.79 Å². The van der Waals surface area contributed by atoms with Gasteiger partial charge in [-0.1, -0.05) is 6.92 Å². The van der Waals surface area contributed by atoms with Crippen LogP contribution in [0.5, 0.6) is 0 Å². The normalized spacial score (nSPS) is 23.1. The Hall–Kier alpha value is -1.07. The van der Waals surface area contributed by atoms with Crippen molar-refractivity contribution < 1.29 is 23.7 Å². The largest absolute Gasteiger partial charge is 0.491 e. The summed E-state index contributed by atoms with van der Waals surface area (Å²) in [5.41, 5.74) is 0.903. The van der Waals surface area contributed by atoms with Gasteiger partial charge in [0.25, 0.3) is 0 Å². The van der Waals surface area contributed by atoms with E-state index in [-0.39, 0.29) is 25.0 Å². The monoisotopic (exact) mass is 244 g/mol. The molecule has 0 aliphatic carbocycles. The molecule has 0 unspecified atom stereocenters. The second kappa shape index (κ2) is 7.29. The van der Waals surface area contributed by atoms with Gasteiger partial charge in [0.2, 0.25) is 0 Å². The summed E-state index contributed by atoms with van der Waals surface area (Å²) < 4.78 is 20.7. The van der Waals surface area contributed by atoms with Crippen molar-refractivity contribution in [1.82, 2.24) is 0 Å². The smallest absolute Gasteiger partial charge is 0.306 e. The van der Waals surface area contributed by atoms with E-state index in [9.17, 15) is 4.79 Å². The first-order valence-corrected chi connectivity index (χ1v) is 5.77. The van der Waals surface area contributed by atoms with Crippen LogP contribution in [0.3, 0.4) is 0 Å². The molecule has 0 spiro atoms. The first-order valence-electron chi connectivity index (χ1n) is 5.77. The van der Waals surface area contributed by atoms with E-state index in [1.54, 1.807) is 13.4 Å². The minimum absolute atomic E-state index is 0.201. The zero-order chi connectivity index (χ0) is 12.7. The molecule has 0 amide bonds. The van der Waals surface area contributed by atoms with Crippen molar-refractivity contribution in [3.05, 3.63) is 11.8 Å². The summed E-state index contributed by atoms with van der Waals surface area (Å²) in [5, 5.41) is 0. The SMILES string of the molecule is CCCC(=O)O[C@H]1C(C)=CO[C@@H]1COCOC. The van der Waals surface area contributed by atoms with Gasteiger partial charge >= 0.3 is 5.97 Å². The maximum Gasteiger partial charge on any atom is 0.306 e. The highest BCUT2D eigenvalue weighted by molar-refractivity contribution is 5.69. The maximum atomic E-state index is 11.4. The molecule has 17 heavy (non-hydrogen) atoms. The number of rotatable bonds is 7. The lowest BCUT2D eigenvalue weighted by molar-refractivity contribution is -0.153. The molecule has 1 aliphatic rings. The Bertz CT molecular complexity index is 274. The van der Waals surface area contributed by atoms with Crippen LogP contribution < -0.4 is 0 Å². The molecule has 0 fully saturated rings. The number of hydrogen-bond donors (Lipinski definition) is 0. The van der Waals surface area contributed by atoms with Gasteiger partial charge in [-0.05, 0) is 13.3 Å². The van der Waals surface area contributed by atoms with E-state index >= 15 is 0 Å². The molecule has 0 aromatic heterocycles. The predicted octanol–water partition coefficient (Wildman–Crippen LogP) is 1.62. The third-order valence-electron chi connectivity index (χ3n) is 2.41. The van der Waals surface area contributed by atoms with E-state index in [4.69, 9.17) is 18.9 Å². The van der Waals surface area contributed by atoms with E-state index in [0.29, 0.717) is 13.0 Å². The molecule has 2 atom stereocenters. The van der Waals surface area contributed by atoms with Crippen LogP contribution in [0, 0.1) is 0 Å². The Labute approximate surface area is 102 Å². The maximum absolute atomic E-state index is 11.4. The Morgan fingerprint density at radius 2 is 2.29 bits per heavy atom. The molecule has 0 saturated carbocycles. The molecule has 1 aliphatic heterocycles. The van der Waals surface area contributed by atoms with Crippen molar-refractivity contribution in [2.75, 3.05) is 20.5 Å². The van der Waals surface area contributed by atoms with Crippen molar-refractivity contribution in [3.63, 3.8) is 0 Å². The molecule has 0 N–H and O–H groups in total. The number of esters is 1. The Morgan fingerprint density at radius 1 is 1.53 bits per heavy atom. The Morgan fingerprint density at radius 3 is 2.94 bits per heavy atom. The number of carbonyl (C=O) groups is 1. The molecule has 98 valence electrons. The van der Waals surface area contributed by atoms with E-state index < -0.39 is 0 Å². The van der Waals surface area contributed by atoms with Crippen LogP contribution in [0.1, 0.15) is 26.7 Å². The van der Waals surface area contributed by atoms with Crippen LogP contribution in [0.4, 0.5) is 0 Å². The van der Waals surface area contributed by atoms with Gasteiger partial charge in [-0.15, -0.1) is 0 Å². The fourth-order valence-corrected chi connectivity index (χ4v) is 1.57. The highest BCUT2D eigenvalue weighted by Gasteiger charge is 2.32. The van der Waals surface area contributed by atoms with Crippen LogP contribution >= 0.6 is 0 Å². The van der Waals surface area contributed by atoms with Crippen molar-refractivity contribution in [1.29, 1.82) is 0 Å². The summed E-state index contributed by atoms with van der Waals surface area (Å²) in [4.78, 5) is 11.4. The van der Waals surface area contributed by atoms with Crippen molar-refractivity contribution in [3.8, 4) is 0 Å². The molecule has 0 aromatic rings. The van der Waals surface area contributed by atoms with Crippen LogP contribution in [0.15, 0.2) is 11.8 Å². The van der Waals surface area contributed by atoms with Crippen molar-refractivity contribution in [2.24, 2.45) is 0 Å². The summed E-state index contributed by atoms with van der Waals surface area (Å²) in [6, 6.07) is 0. The summed E-state index contributed by atoms with van der Waals surface area (Å²) in [7, 11) is 1.55. The lowest BCUT2D eigenvalue weighted by Gasteiger charge is -2.20. The van der Waals surface area contributed by atoms with Crippen LogP contribution in [0.2, 0.25) is 0 Å². The summed E-state index contributed by atoms with van der Waals surface area (Å²) in [6.45, 7) is 4.36. The topological polar surface area (TPSA) is 54.0 Å². The second-order valence-corrected chi connectivity index (χ2v) is 3.97. The van der Waals surface area contributed by atoms with Gasteiger partial charge < -0.3 is 18.9 Å². The van der Waals surface area contributed by atoms with Crippen LogP contribution in [-0.4, -0.2) is 38.7 Å². The highest BCUT2D eigenvalue weighted by Crippen LogP contribution is 2.22. The number of methoxy groups -OCH3 is 1. The Balaban J connectivity index is 2.41. The molecule has 5 heteroatoms. The van der Waals surface area contributed by atoms with Gasteiger partial charge in [0.1, 0.15) is 6.79 Å². The van der Waals surface area contributed by atoms with Gasteiger partial charge in [-0.25, -0.2) is 0 Å². The van der Waals surface area contributed by atoms with Crippen molar-refractivity contribution >= 4 is 5.97 Å². The Kier molecular flexibility index (Phi) is 6.00. The van der Waals surface area contributed by atoms with E-state index in [1.807, 2.05) is 13.8 Å². The lowest BCUT2D eigenvalue weighted by atomic mass is 10.1. The van der Waals surface area contributed by atoms with Gasteiger partial charge in [0.15, 0.2) is 12.2 Å². The third-order valence-corrected chi connectivity index (χ3v) is 2.41. The minimum atomic E-state index is -0.342. The van der Waals surface area contributed by atoms with Crippen LogP contribution in [-0.2, 0) is 23.7 Å². The fourth-order valence-electron chi connectivity index (χ4n) is 1.57. The van der Waals surface area contributed by atoms with E-state index in [1.165, 1.54) is 0 Å². The molecule has 1 rings (SSSR count). The standard InChI is InChI=1S/C12H20O5/c1-4-5-11(13)17-12-9(2)6-16-10(12)7-15-8-14-3/h6,10,12H,4-5,7-8H2,1-3H3/t10-,12+/m1/s1. The fraction of sp³-hybridized carbons (Fsp3) is 0.750. The molecule has 1 heterocycles. The quantitative estimate of drug-likeness (QED) is 0.387. The van der Waals surface area contributed by atoms with Gasteiger partial charge in [-0.2, -0.15) is 0 Å².